The molecule has 8 aromatic rings. The first-order valence-electron chi connectivity index (χ1n) is 15.3. The van der Waals surface area contributed by atoms with Gasteiger partial charge in [0.2, 0.25) is 5.89 Å². The summed E-state index contributed by atoms with van der Waals surface area (Å²) < 4.78 is 12.6. The molecule has 4 heteroatoms. The highest BCUT2D eigenvalue weighted by Gasteiger charge is 2.20. The topological polar surface area (TPSA) is 42.4 Å². The van der Waals surface area contributed by atoms with E-state index in [1.807, 2.05) is 48.5 Å². The van der Waals surface area contributed by atoms with E-state index in [1.54, 1.807) is 0 Å². The zero-order valence-corrected chi connectivity index (χ0v) is 24.5. The Labute approximate surface area is 260 Å². The Hall–Kier alpha value is -5.87. The van der Waals surface area contributed by atoms with Crippen LogP contribution < -0.4 is 4.90 Å². The van der Waals surface area contributed by atoms with Gasteiger partial charge in [-0.25, -0.2) is 4.98 Å². The highest BCUT2D eigenvalue weighted by molar-refractivity contribution is 6.07. The van der Waals surface area contributed by atoms with Crippen molar-refractivity contribution in [3.63, 3.8) is 0 Å². The number of allylic oxidation sites excluding steroid dienone is 3. The molecule has 0 atom stereocenters. The molecular formula is C41H28N2O2. The van der Waals surface area contributed by atoms with Gasteiger partial charge in [-0.2, -0.15) is 0 Å². The zero-order valence-electron chi connectivity index (χ0n) is 24.5. The van der Waals surface area contributed by atoms with Gasteiger partial charge >= 0.3 is 0 Å². The normalized spacial score (nSPS) is 13.4. The average Bonchev–Trinajstić information content (AvgIpc) is 3.72. The second kappa shape index (κ2) is 10.4. The lowest BCUT2D eigenvalue weighted by atomic mass is 9.95. The van der Waals surface area contributed by atoms with Crippen molar-refractivity contribution < 1.29 is 8.83 Å². The van der Waals surface area contributed by atoms with Crippen LogP contribution in [0, 0.1) is 0 Å². The summed E-state index contributed by atoms with van der Waals surface area (Å²) in [7, 11) is 0. The monoisotopic (exact) mass is 580 g/mol. The fourth-order valence-corrected chi connectivity index (χ4v) is 6.56. The van der Waals surface area contributed by atoms with Crippen LogP contribution in [0.5, 0.6) is 0 Å². The fraction of sp³-hybridized carbons (Fsp3) is 0.0488. The van der Waals surface area contributed by atoms with E-state index < -0.39 is 0 Å². The number of furan rings is 1. The molecule has 4 nitrogen and oxygen atoms in total. The lowest BCUT2D eigenvalue weighted by molar-refractivity contribution is 0.623. The summed E-state index contributed by atoms with van der Waals surface area (Å²) in [6.45, 7) is 0. The molecule has 0 saturated heterocycles. The minimum Gasteiger partial charge on any atom is -0.456 e. The van der Waals surface area contributed by atoms with Gasteiger partial charge in [-0.1, -0.05) is 84.9 Å². The summed E-state index contributed by atoms with van der Waals surface area (Å²) in [4.78, 5) is 7.20. The highest BCUT2D eigenvalue weighted by Crippen LogP contribution is 2.41. The second-order valence-electron chi connectivity index (χ2n) is 11.5. The molecule has 0 aliphatic heterocycles. The molecule has 214 valence electrons. The number of nitrogens with zero attached hydrogens (tertiary/aromatic N) is 2. The van der Waals surface area contributed by atoms with Crippen LogP contribution in [0.25, 0.3) is 60.8 Å². The van der Waals surface area contributed by atoms with E-state index in [4.69, 9.17) is 13.8 Å². The van der Waals surface area contributed by atoms with Crippen molar-refractivity contribution in [1.82, 2.24) is 4.98 Å². The Bertz CT molecular complexity index is 2430. The molecule has 0 N–H and O–H groups in total. The summed E-state index contributed by atoms with van der Waals surface area (Å²) in [6, 6.07) is 46.3. The van der Waals surface area contributed by atoms with E-state index in [9.17, 15) is 0 Å². The van der Waals surface area contributed by atoms with Gasteiger partial charge in [0, 0.05) is 38.8 Å². The number of hydrogen-bond donors (Lipinski definition) is 0. The summed E-state index contributed by atoms with van der Waals surface area (Å²) in [5.74, 6) is 0.628. The molecule has 0 radical (unpaired) electrons. The average molecular weight is 581 g/mol. The van der Waals surface area contributed by atoms with Gasteiger partial charge in [0.05, 0.1) is 0 Å². The predicted octanol–water partition coefficient (Wildman–Crippen LogP) is 11.4. The van der Waals surface area contributed by atoms with Crippen LogP contribution in [0.3, 0.4) is 0 Å². The Morgan fingerprint density at radius 3 is 2.11 bits per heavy atom. The van der Waals surface area contributed by atoms with E-state index in [2.05, 4.69) is 102 Å². The molecule has 2 aromatic heterocycles. The van der Waals surface area contributed by atoms with Gasteiger partial charge in [-0.15, -0.1) is 0 Å². The van der Waals surface area contributed by atoms with Crippen molar-refractivity contribution in [2.75, 3.05) is 4.90 Å². The molecule has 6 aromatic carbocycles. The van der Waals surface area contributed by atoms with E-state index in [0.29, 0.717) is 5.89 Å². The molecule has 2 heterocycles. The molecule has 0 fully saturated rings. The van der Waals surface area contributed by atoms with Gasteiger partial charge in [0.15, 0.2) is 5.58 Å². The number of aromatic nitrogens is 1. The maximum Gasteiger partial charge on any atom is 0.227 e. The third kappa shape index (κ3) is 4.42. The van der Waals surface area contributed by atoms with Crippen LogP contribution in [-0.4, -0.2) is 4.98 Å². The molecular weight excluding hydrogens is 552 g/mol. The quantitative estimate of drug-likeness (QED) is 0.203. The van der Waals surface area contributed by atoms with Crippen molar-refractivity contribution in [2.45, 2.75) is 12.8 Å². The number of anilines is 2. The number of oxazole rings is 1. The van der Waals surface area contributed by atoms with Gasteiger partial charge < -0.3 is 13.7 Å². The SMILES string of the molecule is C1=C(c2ccccc2)CCC=C1N(c1ccc2oc3ccccc3c2c1)c1ccc2ccc3nc(-c4ccccc4)oc3c2c1. The highest BCUT2D eigenvalue weighted by atomic mass is 16.3. The molecule has 1 aliphatic rings. The van der Waals surface area contributed by atoms with Crippen LogP contribution in [-0.2, 0) is 0 Å². The van der Waals surface area contributed by atoms with Crippen molar-refractivity contribution in [1.29, 1.82) is 0 Å². The van der Waals surface area contributed by atoms with Crippen molar-refractivity contribution in [3.8, 4) is 11.5 Å². The van der Waals surface area contributed by atoms with Gasteiger partial charge in [-0.3, -0.25) is 0 Å². The van der Waals surface area contributed by atoms with Crippen LogP contribution in [0.2, 0.25) is 0 Å². The molecule has 45 heavy (non-hydrogen) atoms. The summed E-state index contributed by atoms with van der Waals surface area (Å²) in [5, 5.41) is 4.35. The molecule has 9 rings (SSSR count). The Morgan fingerprint density at radius 2 is 1.27 bits per heavy atom. The smallest absolute Gasteiger partial charge is 0.227 e. The summed E-state index contributed by atoms with van der Waals surface area (Å²) in [5.41, 5.74) is 10.2. The first kappa shape index (κ1) is 25.6. The van der Waals surface area contributed by atoms with Gasteiger partial charge in [0.25, 0.3) is 0 Å². The summed E-state index contributed by atoms with van der Waals surface area (Å²) >= 11 is 0. The van der Waals surface area contributed by atoms with Crippen LogP contribution in [0.1, 0.15) is 18.4 Å². The first-order chi connectivity index (χ1) is 22.3. The van der Waals surface area contributed by atoms with E-state index in [0.717, 1.165) is 79.3 Å². The lowest BCUT2D eigenvalue weighted by Gasteiger charge is -2.29. The minimum atomic E-state index is 0.628. The molecule has 0 unspecified atom stereocenters. The molecule has 0 spiro atoms. The number of benzene rings is 6. The number of para-hydroxylation sites is 1. The van der Waals surface area contributed by atoms with E-state index in [-0.39, 0.29) is 0 Å². The molecule has 0 saturated carbocycles. The molecule has 0 amide bonds. The van der Waals surface area contributed by atoms with Gasteiger partial charge in [-0.05, 0) is 90.0 Å². The standard InChI is InChI=1S/C41H28N2O2/c1-3-10-27(11-4-1)30-14-9-15-31(24-30)43(33-21-23-39-36(26-33)34-16-7-8-17-38(34)44-39)32-20-18-28-19-22-37-40(35(28)25-32)45-41(42-37)29-12-5-2-6-13-29/h1-8,10-13,15-26H,9,14H2. The first-order valence-corrected chi connectivity index (χ1v) is 15.3. The summed E-state index contributed by atoms with van der Waals surface area (Å²) in [6.07, 6.45) is 6.65. The Balaban J connectivity index is 1.25. The minimum absolute atomic E-state index is 0.628. The Morgan fingerprint density at radius 1 is 0.578 bits per heavy atom. The van der Waals surface area contributed by atoms with Crippen LogP contribution in [0.15, 0.2) is 160 Å². The second-order valence-corrected chi connectivity index (χ2v) is 11.5. The predicted molar refractivity (Wildman–Crippen MR) is 185 cm³/mol. The third-order valence-corrected chi connectivity index (χ3v) is 8.75. The maximum absolute atomic E-state index is 6.46. The van der Waals surface area contributed by atoms with Crippen molar-refractivity contribution in [2.24, 2.45) is 0 Å². The van der Waals surface area contributed by atoms with E-state index in [1.165, 1.54) is 11.1 Å². The van der Waals surface area contributed by atoms with Gasteiger partial charge in [0.1, 0.15) is 16.7 Å². The fourth-order valence-electron chi connectivity index (χ4n) is 6.56. The van der Waals surface area contributed by atoms with E-state index >= 15 is 0 Å². The number of rotatable bonds is 5. The molecule has 1 aliphatic carbocycles. The maximum atomic E-state index is 6.46. The van der Waals surface area contributed by atoms with Crippen LogP contribution in [0.4, 0.5) is 11.4 Å². The molecule has 0 bridgehead atoms. The van der Waals surface area contributed by atoms with Crippen LogP contribution >= 0.6 is 0 Å². The number of fused-ring (bicyclic) bond motifs is 6. The Kier molecular flexibility index (Phi) is 5.91. The zero-order chi connectivity index (χ0) is 29.7. The number of hydrogen-bond acceptors (Lipinski definition) is 4. The third-order valence-electron chi connectivity index (χ3n) is 8.75. The largest absolute Gasteiger partial charge is 0.456 e. The van der Waals surface area contributed by atoms with Crippen molar-refractivity contribution >= 4 is 60.8 Å². The van der Waals surface area contributed by atoms with Crippen molar-refractivity contribution in [3.05, 3.63) is 157 Å². The lowest BCUT2D eigenvalue weighted by Crippen LogP contribution is -2.17.